The lowest BCUT2D eigenvalue weighted by atomic mass is 10.0. The molecule has 4 aromatic carbocycles. The van der Waals surface area contributed by atoms with Crippen LogP contribution in [0.25, 0.3) is 11.1 Å². The van der Waals surface area contributed by atoms with Gasteiger partial charge in [-0.25, -0.2) is 9.59 Å². The Hall–Kier alpha value is -5.38. The lowest BCUT2D eigenvalue weighted by Gasteiger charge is -2.15. The standard InChI is InChI=1S/C27H24N6O4/c1-17-12-13-18(14-25(17)32-27(35)30-21-8-5-9-22(16-21)33(36)37)23-10-2-3-11-24(23)31-26(34)29-20-7-4-6-19(28)15-20/h2-16H,28H2,1H3,(H2,29,31,34)(H2,30,32,35). The summed E-state index contributed by atoms with van der Waals surface area (Å²) >= 11 is 0. The molecule has 0 aliphatic carbocycles. The van der Waals surface area contributed by atoms with Crippen molar-refractivity contribution >= 4 is 46.2 Å². The second-order valence-electron chi connectivity index (χ2n) is 8.17. The molecule has 10 heteroatoms. The second kappa shape index (κ2) is 10.9. The van der Waals surface area contributed by atoms with Crippen molar-refractivity contribution in [1.82, 2.24) is 0 Å². The molecule has 0 aliphatic rings. The molecule has 0 atom stereocenters. The van der Waals surface area contributed by atoms with Gasteiger partial charge in [0.1, 0.15) is 0 Å². The molecule has 0 heterocycles. The number of benzene rings is 4. The first-order chi connectivity index (χ1) is 17.8. The number of anilines is 5. The molecule has 0 spiro atoms. The number of non-ortho nitro benzene ring substituents is 1. The van der Waals surface area contributed by atoms with E-state index in [1.54, 1.807) is 48.5 Å². The Morgan fingerprint density at radius 1 is 0.730 bits per heavy atom. The monoisotopic (exact) mass is 496 g/mol. The molecule has 4 rings (SSSR count). The van der Waals surface area contributed by atoms with Crippen molar-refractivity contribution in [2.75, 3.05) is 27.0 Å². The normalized spacial score (nSPS) is 10.3. The number of rotatable bonds is 6. The minimum Gasteiger partial charge on any atom is -0.399 e. The number of urea groups is 2. The van der Waals surface area contributed by atoms with Crippen molar-refractivity contribution in [3.8, 4) is 11.1 Å². The molecule has 0 fully saturated rings. The summed E-state index contributed by atoms with van der Waals surface area (Å²) in [4.78, 5) is 35.7. The molecule has 4 amide bonds. The number of nitro groups is 1. The molecule has 186 valence electrons. The maximum atomic E-state index is 12.6. The van der Waals surface area contributed by atoms with E-state index in [0.717, 1.165) is 16.7 Å². The molecule has 4 aromatic rings. The maximum absolute atomic E-state index is 12.6. The molecule has 0 radical (unpaired) electrons. The Morgan fingerprint density at radius 2 is 1.38 bits per heavy atom. The Balaban J connectivity index is 1.51. The van der Waals surface area contributed by atoms with Crippen LogP contribution in [-0.2, 0) is 0 Å². The van der Waals surface area contributed by atoms with Crippen molar-refractivity contribution in [2.24, 2.45) is 0 Å². The summed E-state index contributed by atoms with van der Waals surface area (Å²) in [6, 6.07) is 24.4. The van der Waals surface area contributed by atoms with E-state index in [4.69, 9.17) is 5.73 Å². The van der Waals surface area contributed by atoms with Gasteiger partial charge in [-0.2, -0.15) is 0 Å². The Labute approximate surface area is 212 Å². The van der Waals surface area contributed by atoms with Gasteiger partial charge in [-0.1, -0.05) is 42.5 Å². The average molecular weight is 497 g/mol. The fraction of sp³-hybridized carbons (Fsp3) is 0.0370. The van der Waals surface area contributed by atoms with E-state index in [2.05, 4.69) is 21.3 Å². The van der Waals surface area contributed by atoms with Crippen molar-refractivity contribution in [1.29, 1.82) is 0 Å². The van der Waals surface area contributed by atoms with Crippen LogP contribution in [0.4, 0.5) is 43.7 Å². The van der Waals surface area contributed by atoms with Crippen LogP contribution in [0.5, 0.6) is 0 Å². The quantitative estimate of drug-likeness (QED) is 0.118. The summed E-state index contributed by atoms with van der Waals surface area (Å²) in [5.74, 6) is 0. The third-order valence-corrected chi connectivity index (χ3v) is 5.43. The molecule has 0 aliphatic heterocycles. The van der Waals surface area contributed by atoms with Crippen molar-refractivity contribution in [3.05, 3.63) is 107 Å². The van der Waals surface area contributed by atoms with E-state index in [1.807, 2.05) is 31.2 Å². The summed E-state index contributed by atoms with van der Waals surface area (Å²) < 4.78 is 0. The number of para-hydroxylation sites is 1. The molecule has 0 unspecified atom stereocenters. The molecule has 10 nitrogen and oxygen atoms in total. The predicted octanol–water partition coefficient (Wildman–Crippen LogP) is 6.44. The van der Waals surface area contributed by atoms with Crippen LogP contribution in [0.2, 0.25) is 0 Å². The van der Waals surface area contributed by atoms with Crippen LogP contribution in [0, 0.1) is 17.0 Å². The third kappa shape index (κ3) is 6.40. The first kappa shape index (κ1) is 24.7. The Bertz CT molecular complexity index is 1490. The topological polar surface area (TPSA) is 151 Å². The van der Waals surface area contributed by atoms with Crippen molar-refractivity contribution in [2.45, 2.75) is 6.92 Å². The molecule has 0 saturated heterocycles. The first-order valence-electron chi connectivity index (χ1n) is 11.2. The summed E-state index contributed by atoms with van der Waals surface area (Å²) in [6.45, 7) is 1.84. The summed E-state index contributed by atoms with van der Waals surface area (Å²) in [7, 11) is 0. The fourth-order valence-corrected chi connectivity index (χ4v) is 3.65. The van der Waals surface area contributed by atoms with Gasteiger partial charge in [0.15, 0.2) is 0 Å². The maximum Gasteiger partial charge on any atom is 0.323 e. The number of aryl methyl sites for hydroxylation is 1. The summed E-state index contributed by atoms with van der Waals surface area (Å²) in [6.07, 6.45) is 0. The highest BCUT2D eigenvalue weighted by molar-refractivity contribution is 6.03. The number of hydrogen-bond donors (Lipinski definition) is 5. The second-order valence-corrected chi connectivity index (χ2v) is 8.17. The number of carbonyl (C=O) groups is 2. The van der Waals surface area contributed by atoms with Crippen LogP contribution >= 0.6 is 0 Å². The third-order valence-electron chi connectivity index (χ3n) is 5.43. The number of hydrogen-bond acceptors (Lipinski definition) is 5. The highest BCUT2D eigenvalue weighted by Gasteiger charge is 2.13. The van der Waals surface area contributed by atoms with E-state index < -0.39 is 17.0 Å². The van der Waals surface area contributed by atoms with Gasteiger partial charge in [0, 0.05) is 40.4 Å². The van der Waals surface area contributed by atoms with E-state index >= 15 is 0 Å². The van der Waals surface area contributed by atoms with Crippen LogP contribution in [0.3, 0.4) is 0 Å². The van der Waals surface area contributed by atoms with Crippen LogP contribution < -0.4 is 27.0 Å². The highest BCUT2D eigenvalue weighted by atomic mass is 16.6. The minimum atomic E-state index is -0.548. The van der Waals surface area contributed by atoms with Crippen LogP contribution in [0.15, 0.2) is 91.0 Å². The van der Waals surface area contributed by atoms with Gasteiger partial charge in [-0.05, 0) is 54.4 Å². The van der Waals surface area contributed by atoms with E-state index in [9.17, 15) is 19.7 Å². The number of nitro benzene ring substituents is 1. The number of nitrogens with one attached hydrogen (secondary N) is 4. The van der Waals surface area contributed by atoms with Gasteiger partial charge >= 0.3 is 12.1 Å². The zero-order valence-electron chi connectivity index (χ0n) is 19.8. The Morgan fingerprint density at radius 3 is 2.08 bits per heavy atom. The Kier molecular flexibility index (Phi) is 7.29. The number of nitrogens with two attached hydrogens (primary N) is 1. The number of nitrogens with zero attached hydrogens (tertiary/aromatic N) is 1. The first-order valence-corrected chi connectivity index (χ1v) is 11.2. The highest BCUT2D eigenvalue weighted by Crippen LogP contribution is 2.31. The van der Waals surface area contributed by atoms with Gasteiger partial charge in [-0.15, -0.1) is 0 Å². The molecule has 6 N–H and O–H groups in total. The molecule has 37 heavy (non-hydrogen) atoms. The fourth-order valence-electron chi connectivity index (χ4n) is 3.65. The predicted molar refractivity (Wildman–Crippen MR) is 146 cm³/mol. The molecule has 0 bridgehead atoms. The average Bonchev–Trinajstić information content (AvgIpc) is 2.86. The molecular formula is C27H24N6O4. The number of nitrogen functional groups attached to an aromatic ring is 1. The lowest BCUT2D eigenvalue weighted by Crippen LogP contribution is -2.20. The van der Waals surface area contributed by atoms with Crippen molar-refractivity contribution in [3.63, 3.8) is 0 Å². The lowest BCUT2D eigenvalue weighted by molar-refractivity contribution is -0.384. The molecular weight excluding hydrogens is 472 g/mol. The van der Waals surface area contributed by atoms with E-state index in [-0.39, 0.29) is 5.69 Å². The molecule has 0 aromatic heterocycles. The molecule has 0 saturated carbocycles. The number of amides is 4. The zero-order valence-corrected chi connectivity index (χ0v) is 19.8. The van der Waals surface area contributed by atoms with Crippen molar-refractivity contribution < 1.29 is 14.5 Å². The number of carbonyl (C=O) groups excluding carboxylic acids is 2. The SMILES string of the molecule is Cc1ccc(-c2ccccc2NC(=O)Nc2cccc(N)c2)cc1NC(=O)Nc1cccc([N+](=O)[O-])c1. The van der Waals surface area contributed by atoms with Gasteiger partial charge in [0.05, 0.1) is 10.6 Å². The minimum absolute atomic E-state index is 0.125. The zero-order chi connectivity index (χ0) is 26.4. The summed E-state index contributed by atoms with van der Waals surface area (Å²) in [5, 5.41) is 22.0. The van der Waals surface area contributed by atoms with E-state index in [1.165, 1.54) is 18.2 Å². The van der Waals surface area contributed by atoms with Gasteiger partial charge in [0.25, 0.3) is 5.69 Å². The van der Waals surface area contributed by atoms with Crippen LogP contribution in [-0.4, -0.2) is 17.0 Å². The van der Waals surface area contributed by atoms with Gasteiger partial charge in [-0.3, -0.25) is 10.1 Å². The van der Waals surface area contributed by atoms with E-state index in [0.29, 0.717) is 28.4 Å². The smallest absolute Gasteiger partial charge is 0.323 e. The summed E-state index contributed by atoms with van der Waals surface area (Å²) in [5.41, 5.74) is 10.5. The largest absolute Gasteiger partial charge is 0.399 e. The van der Waals surface area contributed by atoms with Gasteiger partial charge in [0.2, 0.25) is 0 Å². The van der Waals surface area contributed by atoms with Gasteiger partial charge < -0.3 is 27.0 Å². The van der Waals surface area contributed by atoms with Crippen LogP contribution in [0.1, 0.15) is 5.56 Å².